The van der Waals surface area contributed by atoms with Crippen molar-refractivity contribution in [3.05, 3.63) is 67.9 Å². The van der Waals surface area contributed by atoms with Crippen LogP contribution in [0.4, 0.5) is 5.69 Å². The number of rotatable bonds is 10. The molecular formula is C23H26BrN3O5S. The molecule has 10 heteroatoms. The van der Waals surface area contributed by atoms with E-state index < -0.39 is 16.7 Å². The predicted octanol–water partition coefficient (Wildman–Crippen LogP) is 3.97. The van der Waals surface area contributed by atoms with Gasteiger partial charge in [0.15, 0.2) is 16.4 Å². The molecule has 2 N–H and O–H groups in total. The van der Waals surface area contributed by atoms with Crippen molar-refractivity contribution in [1.82, 2.24) is 10.2 Å². The maximum absolute atomic E-state index is 12.7. The fourth-order valence-electron chi connectivity index (χ4n) is 3.23. The highest BCUT2D eigenvalue weighted by Crippen LogP contribution is 2.30. The number of H-pyrrole nitrogens is 1. The molecule has 1 atom stereocenters. The molecule has 0 bridgehead atoms. The Morgan fingerprint density at radius 3 is 2.58 bits per heavy atom. The molecule has 1 unspecified atom stereocenters. The van der Waals surface area contributed by atoms with Gasteiger partial charge in [-0.25, -0.2) is 5.10 Å². The normalized spacial score (nSPS) is 11.7. The van der Waals surface area contributed by atoms with Crippen LogP contribution < -0.4 is 25.1 Å². The molecule has 176 valence electrons. The summed E-state index contributed by atoms with van der Waals surface area (Å²) in [5, 5.41) is 9.60. The summed E-state index contributed by atoms with van der Waals surface area (Å²) in [5.41, 5.74) is 3.02. The van der Waals surface area contributed by atoms with Crippen molar-refractivity contribution in [1.29, 1.82) is 0 Å². The number of hydrogen-bond donors (Lipinski definition) is 2. The van der Waals surface area contributed by atoms with E-state index in [-0.39, 0.29) is 22.7 Å². The molecule has 0 saturated heterocycles. The first-order chi connectivity index (χ1) is 15.8. The summed E-state index contributed by atoms with van der Waals surface area (Å²) in [7, 11) is 3.14. The standard InChI is InChI=1S/C23H26BrN3O5S/c1-14-5-8-19(15(2)11-14)33(29)10-9-32-23-21(20(24)22(28)26-27-23)25-13-16-6-7-17(30-3)18(12-16)31-4/h5-8,11-12H,9-10,13H2,1-4H3,(H2,25,26,28). The second-order valence-corrected chi connectivity index (χ2v) is 9.59. The molecule has 0 aliphatic carbocycles. The molecule has 0 spiro atoms. The third kappa shape index (κ3) is 6.21. The Hall–Kier alpha value is -2.69. The number of anilines is 1. The lowest BCUT2D eigenvalue weighted by molar-refractivity contribution is 0.324. The van der Waals surface area contributed by atoms with Crippen LogP contribution in [0.5, 0.6) is 17.4 Å². The molecule has 0 amide bonds. The van der Waals surface area contributed by atoms with E-state index in [9.17, 15) is 9.35 Å². The van der Waals surface area contributed by atoms with E-state index in [1.54, 1.807) is 20.3 Å². The molecule has 0 radical (unpaired) electrons. The summed E-state index contributed by atoms with van der Waals surface area (Å²) in [6.45, 7) is 4.49. The zero-order valence-corrected chi connectivity index (χ0v) is 21.3. The average Bonchev–Trinajstić information content (AvgIpc) is 2.80. The molecule has 0 aliphatic rings. The van der Waals surface area contributed by atoms with Crippen LogP contribution in [0.25, 0.3) is 0 Å². The number of aryl methyl sites for hydroxylation is 2. The van der Waals surface area contributed by atoms with E-state index in [0.717, 1.165) is 21.6 Å². The minimum absolute atomic E-state index is 0.163. The minimum Gasteiger partial charge on any atom is -0.611 e. The van der Waals surface area contributed by atoms with Crippen LogP contribution in [0.2, 0.25) is 0 Å². The van der Waals surface area contributed by atoms with Crippen molar-refractivity contribution in [2.24, 2.45) is 0 Å². The summed E-state index contributed by atoms with van der Waals surface area (Å²) >= 11 is 2.08. The highest BCUT2D eigenvalue weighted by atomic mass is 79.9. The van der Waals surface area contributed by atoms with Gasteiger partial charge in [0.2, 0.25) is 0 Å². The number of benzene rings is 2. The van der Waals surface area contributed by atoms with Gasteiger partial charge in [-0.2, -0.15) is 0 Å². The number of ether oxygens (including phenoxy) is 3. The summed E-state index contributed by atoms with van der Waals surface area (Å²) in [6.07, 6.45) is 0. The largest absolute Gasteiger partial charge is 0.611 e. The molecule has 0 aliphatic heterocycles. The Morgan fingerprint density at radius 2 is 1.88 bits per heavy atom. The Kier molecular flexibility index (Phi) is 8.65. The van der Waals surface area contributed by atoms with E-state index >= 15 is 0 Å². The maximum atomic E-state index is 12.7. The SMILES string of the molecule is COc1ccc(CNc2c(OCC[S+]([O-])c3ccc(C)cc3C)n[nH]c(=O)c2Br)cc1OC. The van der Waals surface area contributed by atoms with Crippen molar-refractivity contribution < 1.29 is 18.8 Å². The molecule has 1 heterocycles. The lowest BCUT2D eigenvalue weighted by Crippen LogP contribution is -2.19. The van der Waals surface area contributed by atoms with Gasteiger partial charge in [-0.15, -0.1) is 5.10 Å². The number of methoxy groups -OCH3 is 2. The van der Waals surface area contributed by atoms with Crippen LogP contribution >= 0.6 is 15.9 Å². The first-order valence-corrected chi connectivity index (χ1v) is 12.3. The lowest BCUT2D eigenvalue weighted by Gasteiger charge is -2.16. The second-order valence-electron chi connectivity index (χ2n) is 7.26. The topological polar surface area (TPSA) is 109 Å². The van der Waals surface area contributed by atoms with Crippen LogP contribution in [-0.2, 0) is 17.7 Å². The minimum atomic E-state index is -1.22. The van der Waals surface area contributed by atoms with Crippen molar-refractivity contribution in [3.63, 3.8) is 0 Å². The summed E-state index contributed by atoms with van der Waals surface area (Å²) in [4.78, 5) is 12.9. The Balaban J connectivity index is 1.70. The molecule has 0 fully saturated rings. The Bertz CT molecular complexity index is 1170. The first kappa shape index (κ1) is 24.9. The zero-order valence-electron chi connectivity index (χ0n) is 18.9. The monoisotopic (exact) mass is 535 g/mol. The number of nitrogens with one attached hydrogen (secondary N) is 2. The molecule has 33 heavy (non-hydrogen) atoms. The van der Waals surface area contributed by atoms with Crippen LogP contribution in [-0.4, -0.2) is 41.3 Å². The fourth-order valence-corrected chi connectivity index (χ4v) is 4.72. The summed E-state index contributed by atoms with van der Waals surface area (Å²) in [5.74, 6) is 1.73. The van der Waals surface area contributed by atoms with Gasteiger partial charge in [0.05, 0.1) is 14.2 Å². The second kappa shape index (κ2) is 11.4. The van der Waals surface area contributed by atoms with E-state index in [4.69, 9.17) is 14.2 Å². The number of nitrogens with zero attached hydrogens (tertiary/aromatic N) is 1. The number of halogens is 1. The van der Waals surface area contributed by atoms with Crippen LogP contribution in [0.1, 0.15) is 16.7 Å². The number of aromatic nitrogens is 2. The Morgan fingerprint density at radius 1 is 1.12 bits per heavy atom. The van der Waals surface area contributed by atoms with Crippen LogP contribution in [0, 0.1) is 13.8 Å². The fraction of sp³-hybridized carbons (Fsp3) is 0.304. The third-order valence-corrected chi connectivity index (χ3v) is 7.13. The zero-order chi connectivity index (χ0) is 24.0. The molecule has 3 rings (SSSR count). The van der Waals surface area contributed by atoms with Crippen molar-refractivity contribution in [3.8, 4) is 17.4 Å². The van der Waals surface area contributed by atoms with Gasteiger partial charge in [-0.1, -0.05) is 23.8 Å². The quantitative estimate of drug-likeness (QED) is 0.378. The van der Waals surface area contributed by atoms with Crippen LogP contribution in [0.15, 0.2) is 50.6 Å². The third-order valence-electron chi connectivity index (χ3n) is 4.89. The van der Waals surface area contributed by atoms with E-state index in [1.165, 1.54) is 0 Å². The van der Waals surface area contributed by atoms with E-state index in [1.807, 2.05) is 44.2 Å². The van der Waals surface area contributed by atoms with Gasteiger partial charge in [0, 0.05) is 12.1 Å². The molecule has 0 saturated carbocycles. The predicted molar refractivity (Wildman–Crippen MR) is 132 cm³/mol. The smallest absolute Gasteiger partial charge is 0.280 e. The molecule has 8 nitrogen and oxygen atoms in total. The maximum Gasteiger partial charge on any atom is 0.280 e. The summed E-state index contributed by atoms with van der Waals surface area (Å²) < 4.78 is 29.4. The summed E-state index contributed by atoms with van der Waals surface area (Å²) in [6, 6.07) is 11.4. The highest BCUT2D eigenvalue weighted by molar-refractivity contribution is 9.10. The van der Waals surface area contributed by atoms with Crippen LogP contribution in [0.3, 0.4) is 0 Å². The van der Waals surface area contributed by atoms with E-state index in [0.29, 0.717) is 23.7 Å². The van der Waals surface area contributed by atoms with Gasteiger partial charge in [-0.3, -0.25) is 4.79 Å². The van der Waals surface area contributed by atoms with Crippen molar-refractivity contribution in [2.75, 3.05) is 31.9 Å². The van der Waals surface area contributed by atoms with Crippen molar-refractivity contribution >= 4 is 32.8 Å². The van der Waals surface area contributed by atoms with Gasteiger partial charge in [-0.05, 0) is 64.7 Å². The molecular weight excluding hydrogens is 510 g/mol. The highest BCUT2D eigenvalue weighted by Gasteiger charge is 2.18. The molecule has 3 aromatic rings. The van der Waals surface area contributed by atoms with Gasteiger partial charge in [0.1, 0.15) is 22.5 Å². The number of hydrogen-bond acceptors (Lipinski definition) is 7. The van der Waals surface area contributed by atoms with Gasteiger partial charge < -0.3 is 24.1 Å². The number of aromatic amines is 1. The van der Waals surface area contributed by atoms with Crippen molar-refractivity contribution in [2.45, 2.75) is 25.3 Å². The Labute approximate surface area is 204 Å². The molecule has 2 aromatic carbocycles. The lowest BCUT2D eigenvalue weighted by atomic mass is 10.2. The first-order valence-electron chi connectivity index (χ1n) is 10.2. The molecule has 1 aromatic heterocycles. The van der Waals surface area contributed by atoms with Gasteiger partial charge >= 0.3 is 0 Å². The van der Waals surface area contributed by atoms with E-state index in [2.05, 4.69) is 31.4 Å². The average molecular weight is 536 g/mol. The van der Waals surface area contributed by atoms with Gasteiger partial charge in [0.25, 0.3) is 11.4 Å².